The van der Waals surface area contributed by atoms with Crippen molar-refractivity contribution >= 4 is 0 Å². The first-order valence-electron chi connectivity index (χ1n) is 6.45. The van der Waals surface area contributed by atoms with Gasteiger partial charge in [-0.05, 0) is 31.7 Å². The monoisotopic (exact) mass is 252 g/mol. The number of ether oxygens (including phenoxy) is 1. The van der Waals surface area contributed by atoms with Crippen LogP contribution in [-0.4, -0.2) is 44.3 Å². The van der Waals surface area contributed by atoms with E-state index in [2.05, 4.69) is 17.1 Å². The summed E-state index contributed by atoms with van der Waals surface area (Å²) < 4.78 is 18.9. The average molecular weight is 252 g/mol. The Kier molecular flexibility index (Phi) is 4.69. The lowest BCUT2D eigenvalue weighted by atomic mass is 10.1. The zero-order valence-corrected chi connectivity index (χ0v) is 11.0. The Hall–Kier alpha value is -0.970. The van der Waals surface area contributed by atoms with Crippen LogP contribution < -0.4 is 5.32 Å². The van der Waals surface area contributed by atoms with Crippen LogP contribution in [0.3, 0.4) is 0 Å². The molecule has 0 bridgehead atoms. The van der Waals surface area contributed by atoms with Gasteiger partial charge in [0.1, 0.15) is 5.82 Å². The lowest BCUT2D eigenvalue weighted by molar-refractivity contribution is 0.00392. The van der Waals surface area contributed by atoms with Gasteiger partial charge in [0, 0.05) is 25.7 Å². The Morgan fingerprint density at radius 2 is 2.39 bits per heavy atom. The van der Waals surface area contributed by atoms with Crippen molar-refractivity contribution in [2.45, 2.75) is 19.1 Å². The standard InChI is InChI=1S/C14H21FN2O/c1-11(12-4-3-5-13(15)8-12)17(2)10-14-9-16-6-7-18-14/h3-5,8,11,14,16H,6-7,9-10H2,1-2H3. The minimum Gasteiger partial charge on any atom is -0.374 e. The van der Waals surface area contributed by atoms with E-state index in [0.717, 1.165) is 31.8 Å². The minimum atomic E-state index is -0.177. The lowest BCUT2D eigenvalue weighted by Crippen LogP contribution is -2.44. The van der Waals surface area contributed by atoms with Gasteiger partial charge in [-0.2, -0.15) is 0 Å². The van der Waals surface area contributed by atoms with Gasteiger partial charge in [0.25, 0.3) is 0 Å². The number of rotatable bonds is 4. The van der Waals surface area contributed by atoms with Gasteiger partial charge in [0.15, 0.2) is 0 Å². The highest BCUT2D eigenvalue weighted by atomic mass is 19.1. The summed E-state index contributed by atoms with van der Waals surface area (Å²) in [6, 6.07) is 6.98. The van der Waals surface area contributed by atoms with Gasteiger partial charge in [-0.3, -0.25) is 4.90 Å². The zero-order chi connectivity index (χ0) is 13.0. The Morgan fingerprint density at radius 3 is 3.06 bits per heavy atom. The fraction of sp³-hybridized carbons (Fsp3) is 0.571. The Morgan fingerprint density at radius 1 is 1.56 bits per heavy atom. The van der Waals surface area contributed by atoms with E-state index >= 15 is 0 Å². The molecule has 1 heterocycles. The van der Waals surface area contributed by atoms with Gasteiger partial charge < -0.3 is 10.1 Å². The third-order valence-corrected chi connectivity index (χ3v) is 3.49. The second kappa shape index (κ2) is 6.27. The highest BCUT2D eigenvalue weighted by molar-refractivity contribution is 5.19. The average Bonchev–Trinajstić information content (AvgIpc) is 2.39. The summed E-state index contributed by atoms with van der Waals surface area (Å²) in [4.78, 5) is 2.20. The quantitative estimate of drug-likeness (QED) is 0.884. The number of morpholine rings is 1. The highest BCUT2D eigenvalue weighted by Gasteiger charge is 2.19. The van der Waals surface area contributed by atoms with Gasteiger partial charge in [0.2, 0.25) is 0 Å². The van der Waals surface area contributed by atoms with E-state index < -0.39 is 0 Å². The van der Waals surface area contributed by atoms with E-state index in [9.17, 15) is 4.39 Å². The minimum absolute atomic E-state index is 0.177. The molecule has 1 saturated heterocycles. The van der Waals surface area contributed by atoms with Crippen LogP contribution in [0.4, 0.5) is 4.39 Å². The van der Waals surface area contributed by atoms with Crippen molar-refractivity contribution in [2.75, 3.05) is 33.3 Å². The number of likely N-dealkylation sites (N-methyl/N-ethyl adjacent to an activating group) is 1. The molecule has 18 heavy (non-hydrogen) atoms. The molecule has 1 aliphatic heterocycles. The molecule has 0 saturated carbocycles. The molecule has 100 valence electrons. The lowest BCUT2D eigenvalue weighted by Gasteiger charge is -2.31. The molecule has 0 radical (unpaired) electrons. The Balaban J connectivity index is 1.93. The van der Waals surface area contributed by atoms with Crippen LogP contribution in [0.15, 0.2) is 24.3 Å². The topological polar surface area (TPSA) is 24.5 Å². The number of halogens is 1. The third-order valence-electron chi connectivity index (χ3n) is 3.49. The van der Waals surface area contributed by atoms with E-state index in [1.54, 1.807) is 12.1 Å². The van der Waals surface area contributed by atoms with Crippen LogP contribution >= 0.6 is 0 Å². The van der Waals surface area contributed by atoms with E-state index in [1.165, 1.54) is 6.07 Å². The number of hydrogen-bond acceptors (Lipinski definition) is 3. The van der Waals surface area contributed by atoms with Gasteiger partial charge in [-0.1, -0.05) is 12.1 Å². The van der Waals surface area contributed by atoms with E-state index in [-0.39, 0.29) is 18.0 Å². The summed E-state index contributed by atoms with van der Waals surface area (Å²) in [5.74, 6) is -0.177. The van der Waals surface area contributed by atoms with Gasteiger partial charge in [0.05, 0.1) is 12.7 Å². The number of nitrogens with zero attached hydrogens (tertiary/aromatic N) is 1. The fourth-order valence-electron chi connectivity index (χ4n) is 2.24. The second-order valence-corrected chi connectivity index (χ2v) is 4.87. The summed E-state index contributed by atoms with van der Waals surface area (Å²) in [6.45, 7) is 5.53. The zero-order valence-electron chi connectivity index (χ0n) is 11.0. The van der Waals surface area contributed by atoms with Crippen LogP contribution in [-0.2, 0) is 4.74 Å². The first kappa shape index (κ1) is 13.5. The Bertz CT molecular complexity index is 380. The first-order chi connectivity index (χ1) is 8.66. The van der Waals surface area contributed by atoms with Crippen molar-refractivity contribution in [3.05, 3.63) is 35.6 Å². The van der Waals surface area contributed by atoms with Crippen molar-refractivity contribution in [1.82, 2.24) is 10.2 Å². The molecule has 4 heteroatoms. The number of benzene rings is 1. The molecule has 2 rings (SSSR count). The number of hydrogen-bond donors (Lipinski definition) is 1. The normalized spacial score (nSPS) is 22.1. The maximum atomic E-state index is 13.2. The van der Waals surface area contributed by atoms with E-state index in [0.29, 0.717) is 0 Å². The van der Waals surface area contributed by atoms with Gasteiger partial charge in [-0.25, -0.2) is 4.39 Å². The molecule has 1 N–H and O–H groups in total. The van der Waals surface area contributed by atoms with Crippen LogP contribution in [0.5, 0.6) is 0 Å². The molecule has 1 aromatic rings. The highest BCUT2D eigenvalue weighted by Crippen LogP contribution is 2.20. The largest absolute Gasteiger partial charge is 0.374 e. The first-order valence-corrected chi connectivity index (χ1v) is 6.45. The molecule has 0 amide bonds. The summed E-state index contributed by atoms with van der Waals surface area (Å²) in [5.41, 5.74) is 1.00. The van der Waals surface area contributed by atoms with Crippen molar-refractivity contribution in [1.29, 1.82) is 0 Å². The maximum absolute atomic E-state index is 13.2. The smallest absolute Gasteiger partial charge is 0.123 e. The molecule has 2 atom stereocenters. The molecule has 0 spiro atoms. The van der Waals surface area contributed by atoms with Crippen molar-refractivity contribution < 1.29 is 9.13 Å². The van der Waals surface area contributed by atoms with Gasteiger partial charge >= 0.3 is 0 Å². The maximum Gasteiger partial charge on any atom is 0.123 e. The molecule has 1 fully saturated rings. The van der Waals surface area contributed by atoms with Crippen LogP contribution in [0.1, 0.15) is 18.5 Å². The molecule has 0 aromatic heterocycles. The molecular weight excluding hydrogens is 231 g/mol. The summed E-state index contributed by atoms with van der Waals surface area (Å²) in [5, 5.41) is 3.32. The van der Waals surface area contributed by atoms with Crippen LogP contribution in [0.2, 0.25) is 0 Å². The van der Waals surface area contributed by atoms with E-state index in [1.807, 2.05) is 13.1 Å². The third kappa shape index (κ3) is 3.51. The molecule has 3 nitrogen and oxygen atoms in total. The molecule has 0 aliphatic carbocycles. The predicted octanol–water partition coefficient (Wildman–Crippen LogP) is 1.81. The van der Waals surface area contributed by atoms with Gasteiger partial charge in [-0.15, -0.1) is 0 Å². The summed E-state index contributed by atoms with van der Waals surface area (Å²) in [7, 11) is 2.05. The van der Waals surface area contributed by atoms with E-state index in [4.69, 9.17) is 4.74 Å². The molecule has 1 aromatic carbocycles. The SMILES string of the molecule is CC(c1cccc(F)c1)N(C)CC1CNCCO1. The predicted molar refractivity (Wildman–Crippen MR) is 70.1 cm³/mol. The van der Waals surface area contributed by atoms with Crippen molar-refractivity contribution in [2.24, 2.45) is 0 Å². The fourth-order valence-corrected chi connectivity index (χ4v) is 2.24. The van der Waals surface area contributed by atoms with Crippen molar-refractivity contribution in [3.63, 3.8) is 0 Å². The summed E-state index contributed by atoms with van der Waals surface area (Å²) in [6.07, 6.45) is 0.222. The Labute approximate surface area is 108 Å². The molecular formula is C14H21FN2O. The summed E-state index contributed by atoms with van der Waals surface area (Å²) >= 11 is 0. The number of nitrogens with one attached hydrogen (secondary N) is 1. The second-order valence-electron chi connectivity index (χ2n) is 4.87. The molecule has 1 aliphatic rings. The van der Waals surface area contributed by atoms with Crippen LogP contribution in [0, 0.1) is 5.82 Å². The van der Waals surface area contributed by atoms with Crippen LogP contribution in [0.25, 0.3) is 0 Å². The van der Waals surface area contributed by atoms with Crippen molar-refractivity contribution in [3.8, 4) is 0 Å². The molecule has 2 unspecified atom stereocenters.